The summed E-state index contributed by atoms with van der Waals surface area (Å²) in [6, 6.07) is 0.491. The Bertz CT molecular complexity index is 194. The molecular formula is C11H21NO2. The van der Waals surface area contributed by atoms with Crippen LogP contribution in [0.3, 0.4) is 0 Å². The Morgan fingerprint density at radius 3 is 2.64 bits per heavy atom. The smallest absolute Gasteiger partial charge is 0.317 e. The number of carboxylic acid groups (broad SMARTS) is 1. The van der Waals surface area contributed by atoms with Crippen molar-refractivity contribution in [1.29, 1.82) is 0 Å². The monoisotopic (exact) mass is 199 g/mol. The van der Waals surface area contributed by atoms with E-state index in [1.54, 1.807) is 0 Å². The second-order valence-electron chi connectivity index (χ2n) is 4.33. The van der Waals surface area contributed by atoms with Gasteiger partial charge in [-0.05, 0) is 25.8 Å². The third-order valence-corrected chi connectivity index (χ3v) is 3.34. The molecule has 0 radical (unpaired) electrons. The van der Waals surface area contributed by atoms with Crippen LogP contribution in [0.2, 0.25) is 0 Å². The fourth-order valence-electron chi connectivity index (χ4n) is 2.58. The van der Waals surface area contributed by atoms with Crippen molar-refractivity contribution in [3.63, 3.8) is 0 Å². The summed E-state index contributed by atoms with van der Waals surface area (Å²) in [7, 11) is 1.94. The van der Waals surface area contributed by atoms with Crippen LogP contribution in [0.15, 0.2) is 0 Å². The van der Waals surface area contributed by atoms with Gasteiger partial charge in [0.25, 0.3) is 0 Å². The van der Waals surface area contributed by atoms with Crippen LogP contribution in [0, 0.1) is 5.92 Å². The first-order chi connectivity index (χ1) is 6.65. The summed E-state index contributed by atoms with van der Waals surface area (Å²) in [5.74, 6) is -0.0129. The Morgan fingerprint density at radius 2 is 2.07 bits per heavy atom. The van der Waals surface area contributed by atoms with Crippen molar-refractivity contribution < 1.29 is 9.90 Å². The third kappa shape index (κ3) is 2.98. The van der Waals surface area contributed by atoms with Crippen molar-refractivity contribution in [1.82, 2.24) is 4.90 Å². The molecule has 1 aliphatic rings. The zero-order valence-corrected chi connectivity index (χ0v) is 9.20. The molecule has 1 fully saturated rings. The molecule has 0 aliphatic heterocycles. The lowest BCUT2D eigenvalue weighted by Crippen LogP contribution is -2.42. The highest BCUT2D eigenvalue weighted by Gasteiger charge is 2.27. The number of hydrogen-bond acceptors (Lipinski definition) is 2. The van der Waals surface area contributed by atoms with Gasteiger partial charge in [-0.25, -0.2) is 0 Å². The average Bonchev–Trinajstić information content (AvgIpc) is 2.16. The Labute approximate surface area is 86.1 Å². The van der Waals surface area contributed by atoms with E-state index < -0.39 is 5.97 Å². The summed E-state index contributed by atoms with van der Waals surface area (Å²) in [6.45, 7) is 2.39. The molecule has 1 N–H and O–H groups in total. The Kier molecular flexibility index (Phi) is 4.39. The van der Waals surface area contributed by atoms with Crippen molar-refractivity contribution in [2.24, 2.45) is 5.92 Å². The van der Waals surface area contributed by atoms with Crippen molar-refractivity contribution >= 4 is 5.97 Å². The number of carbonyl (C=O) groups is 1. The molecule has 0 aromatic rings. The van der Waals surface area contributed by atoms with Crippen LogP contribution in [-0.4, -0.2) is 35.6 Å². The zero-order chi connectivity index (χ0) is 10.6. The average molecular weight is 199 g/mol. The standard InChI is InChI=1S/C11H21NO2/c1-3-9-6-4-5-7-10(9)12(2)8-11(13)14/h9-10H,3-8H2,1-2H3,(H,13,14). The highest BCUT2D eigenvalue weighted by atomic mass is 16.4. The van der Waals surface area contributed by atoms with Crippen LogP contribution in [-0.2, 0) is 4.79 Å². The molecule has 0 amide bonds. The Hall–Kier alpha value is -0.570. The van der Waals surface area contributed by atoms with Crippen LogP contribution in [0.4, 0.5) is 0 Å². The fourth-order valence-corrected chi connectivity index (χ4v) is 2.58. The van der Waals surface area contributed by atoms with Gasteiger partial charge in [0.15, 0.2) is 0 Å². The lowest BCUT2D eigenvalue weighted by molar-refractivity contribution is -0.139. The predicted molar refractivity (Wildman–Crippen MR) is 56.3 cm³/mol. The highest BCUT2D eigenvalue weighted by molar-refractivity contribution is 5.69. The lowest BCUT2D eigenvalue weighted by Gasteiger charge is -2.36. The molecule has 1 rings (SSSR count). The maximum atomic E-state index is 10.6. The third-order valence-electron chi connectivity index (χ3n) is 3.34. The molecule has 1 saturated carbocycles. The zero-order valence-electron chi connectivity index (χ0n) is 9.20. The van der Waals surface area contributed by atoms with Crippen LogP contribution >= 0.6 is 0 Å². The molecule has 82 valence electrons. The molecule has 0 aromatic heterocycles. The van der Waals surface area contributed by atoms with Gasteiger partial charge < -0.3 is 5.11 Å². The van der Waals surface area contributed by atoms with Gasteiger partial charge in [0.05, 0.1) is 6.54 Å². The van der Waals surface area contributed by atoms with E-state index in [-0.39, 0.29) is 6.54 Å². The van der Waals surface area contributed by atoms with E-state index in [1.807, 2.05) is 11.9 Å². The Balaban J connectivity index is 2.49. The molecule has 1 aliphatic carbocycles. The van der Waals surface area contributed by atoms with Crippen molar-refractivity contribution in [2.75, 3.05) is 13.6 Å². The maximum Gasteiger partial charge on any atom is 0.317 e. The van der Waals surface area contributed by atoms with Crippen LogP contribution < -0.4 is 0 Å². The van der Waals surface area contributed by atoms with E-state index in [0.29, 0.717) is 12.0 Å². The first-order valence-corrected chi connectivity index (χ1v) is 5.57. The summed E-state index contributed by atoms with van der Waals surface area (Å²) in [4.78, 5) is 12.6. The molecule has 0 aromatic carbocycles. The first-order valence-electron chi connectivity index (χ1n) is 5.57. The highest BCUT2D eigenvalue weighted by Crippen LogP contribution is 2.29. The molecule has 3 nitrogen and oxygen atoms in total. The molecule has 0 heterocycles. The number of carboxylic acids is 1. The second-order valence-corrected chi connectivity index (χ2v) is 4.33. The topological polar surface area (TPSA) is 40.5 Å². The van der Waals surface area contributed by atoms with Gasteiger partial charge in [0.1, 0.15) is 0 Å². The van der Waals surface area contributed by atoms with Crippen LogP contribution in [0.1, 0.15) is 39.0 Å². The summed E-state index contributed by atoms with van der Waals surface area (Å²) in [6.07, 6.45) is 6.18. The van der Waals surface area contributed by atoms with E-state index >= 15 is 0 Å². The number of nitrogens with zero attached hydrogens (tertiary/aromatic N) is 1. The fraction of sp³-hybridized carbons (Fsp3) is 0.909. The molecular weight excluding hydrogens is 178 g/mol. The normalized spacial score (nSPS) is 27.9. The van der Waals surface area contributed by atoms with E-state index in [1.165, 1.54) is 32.1 Å². The molecule has 3 heteroatoms. The quantitative estimate of drug-likeness (QED) is 0.752. The minimum atomic E-state index is -0.715. The summed E-state index contributed by atoms with van der Waals surface area (Å²) >= 11 is 0. The molecule has 0 spiro atoms. The summed E-state index contributed by atoms with van der Waals surface area (Å²) in [5, 5.41) is 8.73. The van der Waals surface area contributed by atoms with Crippen molar-refractivity contribution in [3.8, 4) is 0 Å². The van der Waals surface area contributed by atoms with Crippen LogP contribution in [0.5, 0.6) is 0 Å². The van der Waals surface area contributed by atoms with Gasteiger partial charge in [-0.1, -0.05) is 26.2 Å². The second kappa shape index (κ2) is 5.35. The van der Waals surface area contributed by atoms with Gasteiger partial charge >= 0.3 is 5.97 Å². The lowest BCUT2D eigenvalue weighted by atomic mass is 9.82. The molecule has 2 atom stereocenters. The van der Waals surface area contributed by atoms with Crippen molar-refractivity contribution in [2.45, 2.75) is 45.1 Å². The van der Waals surface area contributed by atoms with Gasteiger partial charge in [-0.2, -0.15) is 0 Å². The van der Waals surface area contributed by atoms with E-state index in [4.69, 9.17) is 5.11 Å². The Morgan fingerprint density at radius 1 is 1.43 bits per heavy atom. The minimum Gasteiger partial charge on any atom is -0.480 e. The van der Waals surface area contributed by atoms with E-state index in [0.717, 1.165) is 0 Å². The first kappa shape index (κ1) is 11.5. The minimum absolute atomic E-state index is 0.182. The molecule has 14 heavy (non-hydrogen) atoms. The molecule has 0 bridgehead atoms. The van der Waals surface area contributed by atoms with Crippen molar-refractivity contribution in [3.05, 3.63) is 0 Å². The van der Waals surface area contributed by atoms with Crippen LogP contribution in [0.25, 0.3) is 0 Å². The van der Waals surface area contributed by atoms with Gasteiger partial charge in [-0.3, -0.25) is 9.69 Å². The molecule has 2 unspecified atom stereocenters. The van der Waals surface area contributed by atoms with E-state index in [2.05, 4.69) is 6.92 Å². The maximum absolute atomic E-state index is 10.6. The number of hydrogen-bond donors (Lipinski definition) is 1. The van der Waals surface area contributed by atoms with E-state index in [9.17, 15) is 4.79 Å². The molecule has 0 saturated heterocycles. The van der Waals surface area contributed by atoms with Gasteiger partial charge in [-0.15, -0.1) is 0 Å². The number of rotatable bonds is 4. The van der Waals surface area contributed by atoms with Gasteiger partial charge in [0.2, 0.25) is 0 Å². The predicted octanol–water partition coefficient (Wildman–Crippen LogP) is 1.97. The van der Waals surface area contributed by atoms with Gasteiger partial charge in [0, 0.05) is 6.04 Å². The SMILES string of the molecule is CCC1CCCCC1N(C)CC(=O)O. The summed E-state index contributed by atoms with van der Waals surface area (Å²) in [5.41, 5.74) is 0. The number of aliphatic carboxylic acids is 1. The largest absolute Gasteiger partial charge is 0.480 e. The number of likely N-dealkylation sites (N-methyl/N-ethyl adjacent to an activating group) is 1. The summed E-state index contributed by atoms with van der Waals surface area (Å²) < 4.78 is 0.